The van der Waals surface area contributed by atoms with Gasteiger partial charge in [0.05, 0.1) is 6.42 Å². The smallest absolute Gasteiger partial charge is 0.339 e. The first kappa shape index (κ1) is 10.2. The third-order valence-electron chi connectivity index (χ3n) is 1.68. The van der Waals surface area contributed by atoms with Crippen LogP contribution in [-0.4, -0.2) is 12.3 Å². The van der Waals surface area contributed by atoms with E-state index >= 15 is 0 Å². The fourth-order valence-corrected chi connectivity index (χ4v) is 0.994. The number of carbonyl (C=O) groups is 1. The van der Waals surface area contributed by atoms with Gasteiger partial charge in [-0.3, -0.25) is 0 Å². The standard InChI is InChI=1S/C10H12N2O2/c1-8-2-4-9(5-3-8)6-10(13)14-12-7-11/h2-5,7H,6H2,1H3,(H2,11,12). The van der Waals surface area contributed by atoms with Crippen molar-refractivity contribution in [2.75, 3.05) is 0 Å². The van der Waals surface area contributed by atoms with Crippen molar-refractivity contribution in [3.05, 3.63) is 35.4 Å². The molecule has 1 aromatic rings. The van der Waals surface area contributed by atoms with E-state index in [0.717, 1.165) is 17.5 Å². The van der Waals surface area contributed by atoms with Crippen molar-refractivity contribution in [1.29, 1.82) is 0 Å². The van der Waals surface area contributed by atoms with Gasteiger partial charge < -0.3 is 10.6 Å². The lowest BCUT2D eigenvalue weighted by Crippen LogP contribution is -2.05. The summed E-state index contributed by atoms with van der Waals surface area (Å²) in [6, 6.07) is 7.63. The SMILES string of the molecule is Cc1ccc(CC(=O)O/N=C\N)cc1. The number of rotatable bonds is 3. The number of oxime groups is 1. The van der Waals surface area contributed by atoms with Crippen LogP contribution in [0.1, 0.15) is 11.1 Å². The first-order chi connectivity index (χ1) is 6.72. The van der Waals surface area contributed by atoms with Crippen molar-refractivity contribution in [2.24, 2.45) is 10.9 Å². The summed E-state index contributed by atoms with van der Waals surface area (Å²) in [4.78, 5) is 15.5. The zero-order valence-corrected chi connectivity index (χ0v) is 7.93. The molecule has 0 saturated carbocycles. The molecule has 0 heterocycles. The molecule has 0 atom stereocenters. The lowest BCUT2D eigenvalue weighted by molar-refractivity contribution is -0.142. The minimum Gasteiger partial charge on any atom is -0.387 e. The van der Waals surface area contributed by atoms with Crippen LogP contribution < -0.4 is 5.73 Å². The quantitative estimate of drug-likeness (QED) is 0.336. The van der Waals surface area contributed by atoms with Crippen molar-refractivity contribution >= 4 is 12.3 Å². The molecule has 14 heavy (non-hydrogen) atoms. The second kappa shape index (κ2) is 5.01. The van der Waals surface area contributed by atoms with Gasteiger partial charge in [0.2, 0.25) is 0 Å². The number of benzene rings is 1. The van der Waals surface area contributed by atoms with Crippen molar-refractivity contribution in [3.63, 3.8) is 0 Å². The highest BCUT2D eigenvalue weighted by Gasteiger charge is 2.03. The van der Waals surface area contributed by atoms with Gasteiger partial charge in [0.15, 0.2) is 0 Å². The highest BCUT2D eigenvalue weighted by atomic mass is 16.7. The number of aryl methyl sites for hydroxylation is 1. The number of carbonyl (C=O) groups excluding carboxylic acids is 1. The predicted molar refractivity (Wildman–Crippen MR) is 53.7 cm³/mol. The molecule has 0 amide bonds. The molecule has 1 aromatic carbocycles. The number of nitrogens with zero attached hydrogens (tertiary/aromatic N) is 1. The Morgan fingerprint density at radius 3 is 2.71 bits per heavy atom. The van der Waals surface area contributed by atoms with Crippen molar-refractivity contribution in [3.8, 4) is 0 Å². The zero-order valence-electron chi connectivity index (χ0n) is 7.93. The second-order valence-electron chi connectivity index (χ2n) is 2.88. The summed E-state index contributed by atoms with van der Waals surface area (Å²) in [5.74, 6) is -0.421. The van der Waals surface area contributed by atoms with Crippen LogP contribution in [0, 0.1) is 6.92 Å². The first-order valence-electron chi connectivity index (χ1n) is 4.21. The summed E-state index contributed by atoms with van der Waals surface area (Å²) in [6.45, 7) is 1.99. The molecule has 0 unspecified atom stereocenters. The third-order valence-corrected chi connectivity index (χ3v) is 1.68. The molecule has 0 fully saturated rings. The highest BCUT2D eigenvalue weighted by molar-refractivity contribution is 5.72. The summed E-state index contributed by atoms with van der Waals surface area (Å²) in [6.07, 6.45) is 1.14. The molecule has 0 aromatic heterocycles. The Hall–Kier alpha value is -1.84. The third kappa shape index (κ3) is 3.26. The Labute approximate surface area is 82.4 Å². The molecule has 4 nitrogen and oxygen atoms in total. The van der Waals surface area contributed by atoms with Crippen LogP contribution in [-0.2, 0) is 16.1 Å². The van der Waals surface area contributed by atoms with Gasteiger partial charge in [-0.25, -0.2) is 4.79 Å². The van der Waals surface area contributed by atoms with Crippen molar-refractivity contribution in [2.45, 2.75) is 13.3 Å². The molecule has 74 valence electrons. The Kier molecular flexibility index (Phi) is 3.67. The Morgan fingerprint density at radius 1 is 1.50 bits per heavy atom. The van der Waals surface area contributed by atoms with Crippen LogP contribution in [0.3, 0.4) is 0 Å². The summed E-state index contributed by atoms with van der Waals surface area (Å²) < 4.78 is 0. The van der Waals surface area contributed by atoms with Gasteiger partial charge in [-0.2, -0.15) is 0 Å². The van der Waals surface area contributed by atoms with Crippen LogP contribution in [0.25, 0.3) is 0 Å². The molecule has 1 rings (SSSR count). The number of hydrogen-bond donors (Lipinski definition) is 1. The molecule has 0 aliphatic carbocycles. The van der Waals surface area contributed by atoms with E-state index in [1.807, 2.05) is 31.2 Å². The lowest BCUT2D eigenvalue weighted by Gasteiger charge is -1.99. The monoisotopic (exact) mass is 192 g/mol. The van der Waals surface area contributed by atoms with Crippen molar-refractivity contribution < 1.29 is 9.63 Å². The van der Waals surface area contributed by atoms with E-state index in [-0.39, 0.29) is 6.42 Å². The van der Waals surface area contributed by atoms with E-state index < -0.39 is 5.97 Å². The highest BCUT2D eigenvalue weighted by Crippen LogP contribution is 2.04. The maximum atomic E-state index is 11.1. The largest absolute Gasteiger partial charge is 0.387 e. The molecule has 2 N–H and O–H groups in total. The van der Waals surface area contributed by atoms with Gasteiger partial charge in [-0.05, 0) is 12.5 Å². The van der Waals surface area contributed by atoms with E-state index in [9.17, 15) is 4.79 Å². The van der Waals surface area contributed by atoms with Gasteiger partial charge in [-0.15, -0.1) is 0 Å². The van der Waals surface area contributed by atoms with Crippen LogP contribution in [0.4, 0.5) is 0 Å². The van der Waals surface area contributed by atoms with Gasteiger partial charge in [0.25, 0.3) is 0 Å². The van der Waals surface area contributed by atoms with Gasteiger partial charge in [0, 0.05) is 0 Å². The average molecular weight is 192 g/mol. The molecular weight excluding hydrogens is 180 g/mol. The fourth-order valence-electron chi connectivity index (χ4n) is 0.994. The molecular formula is C10H12N2O2. The number of nitrogens with two attached hydrogens (primary N) is 1. The fraction of sp³-hybridized carbons (Fsp3) is 0.200. The minimum absolute atomic E-state index is 0.206. The predicted octanol–water partition coefficient (Wildman–Crippen LogP) is 0.983. The van der Waals surface area contributed by atoms with E-state index in [1.165, 1.54) is 0 Å². The summed E-state index contributed by atoms with van der Waals surface area (Å²) >= 11 is 0. The van der Waals surface area contributed by atoms with E-state index in [4.69, 9.17) is 5.73 Å². The molecule has 0 radical (unpaired) electrons. The number of hydrogen-bond acceptors (Lipinski definition) is 3. The first-order valence-corrected chi connectivity index (χ1v) is 4.21. The van der Waals surface area contributed by atoms with Crippen LogP contribution in [0.15, 0.2) is 29.4 Å². The lowest BCUT2D eigenvalue weighted by atomic mass is 10.1. The van der Waals surface area contributed by atoms with E-state index in [0.29, 0.717) is 0 Å². The van der Waals surface area contributed by atoms with Gasteiger partial charge >= 0.3 is 5.97 Å². The molecule has 0 aliphatic heterocycles. The molecule has 0 spiro atoms. The maximum Gasteiger partial charge on any atom is 0.339 e. The van der Waals surface area contributed by atoms with E-state index in [1.54, 1.807) is 0 Å². The summed E-state index contributed by atoms with van der Waals surface area (Å²) in [5, 5.41) is 3.19. The molecule has 0 aliphatic rings. The van der Waals surface area contributed by atoms with Crippen LogP contribution in [0.2, 0.25) is 0 Å². The van der Waals surface area contributed by atoms with Gasteiger partial charge in [-0.1, -0.05) is 35.0 Å². The molecule has 0 saturated heterocycles. The maximum absolute atomic E-state index is 11.1. The van der Waals surface area contributed by atoms with Crippen LogP contribution >= 0.6 is 0 Å². The van der Waals surface area contributed by atoms with Gasteiger partial charge in [0.1, 0.15) is 6.34 Å². The zero-order chi connectivity index (χ0) is 10.4. The normalized spacial score (nSPS) is 10.4. The summed E-state index contributed by atoms with van der Waals surface area (Å²) in [5.41, 5.74) is 6.97. The topological polar surface area (TPSA) is 64.7 Å². The Morgan fingerprint density at radius 2 is 2.14 bits per heavy atom. The molecule has 0 bridgehead atoms. The second-order valence-corrected chi connectivity index (χ2v) is 2.88. The van der Waals surface area contributed by atoms with Crippen LogP contribution in [0.5, 0.6) is 0 Å². The Bertz CT molecular complexity index is 330. The average Bonchev–Trinajstić information content (AvgIpc) is 2.18. The summed E-state index contributed by atoms with van der Waals surface area (Å²) in [7, 11) is 0. The van der Waals surface area contributed by atoms with E-state index in [2.05, 4.69) is 9.99 Å². The minimum atomic E-state index is -0.421. The van der Waals surface area contributed by atoms with Crippen molar-refractivity contribution in [1.82, 2.24) is 0 Å². The Balaban J connectivity index is 2.52. The molecule has 4 heteroatoms.